The highest BCUT2D eigenvalue weighted by Gasteiger charge is 2.21. The summed E-state index contributed by atoms with van der Waals surface area (Å²) in [6.07, 6.45) is 8.19. The molecule has 2 N–H and O–H groups in total. The summed E-state index contributed by atoms with van der Waals surface area (Å²) in [5, 5.41) is 17.9. The topological polar surface area (TPSA) is 77.8 Å². The molecule has 1 fully saturated rings. The lowest BCUT2D eigenvalue weighted by atomic mass is 9.86. The Balaban J connectivity index is 2.43. The van der Waals surface area contributed by atoms with Crippen LogP contribution in [-0.2, 0) is 9.59 Å². The molecule has 21 heavy (non-hydrogen) atoms. The molecule has 0 aromatic heterocycles. The Hall–Kier alpha value is -1.10. The van der Waals surface area contributed by atoms with Gasteiger partial charge in [-0.05, 0) is 18.8 Å². The van der Waals surface area contributed by atoms with Gasteiger partial charge >= 0.3 is 5.97 Å². The third-order valence-electron chi connectivity index (χ3n) is 4.35. The van der Waals surface area contributed by atoms with Gasteiger partial charge in [0.1, 0.15) is 0 Å². The zero-order valence-electron chi connectivity index (χ0n) is 13.1. The van der Waals surface area contributed by atoms with E-state index in [1.807, 2.05) is 0 Å². The van der Waals surface area contributed by atoms with Crippen LogP contribution in [0.15, 0.2) is 0 Å². The number of aliphatic hydroxyl groups excluding tert-OH is 1. The average Bonchev–Trinajstić information content (AvgIpc) is 2.49. The van der Waals surface area contributed by atoms with Crippen molar-refractivity contribution in [2.45, 2.75) is 58.3 Å². The van der Waals surface area contributed by atoms with Gasteiger partial charge in [-0.25, -0.2) is 0 Å². The van der Waals surface area contributed by atoms with Crippen LogP contribution in [0.3, 0.4) is 0 Å². The maximum Gasteiger partial charge on any atom is 0.308 e. The molecule has 5 nitrogen and oxygen atoms in total. The summed E-state index contributed by atoms with van der Waals surface area (Å²) in [5.41, 5.74) is 0. The van der Waals surface area contributed by atoms with Gasteiger partial charge in [0.25, 0.3) is 0 Å². The van der Waals surface area contributed by atoms with E-state index in [1.165, 1.54) is 32.1 Å². The van der Waals surface area contributed by atoms with Crippen LogP contribution in [-0.4, -0.2) is 46.7 Å². The van der Waals surface area contributed by atoms with Crippen LogP contribution < -0.4 is 0 Å². The lowest BCUT2D eigenvalue weighted by Gasteiger charge is -2.26. The number of aliphatic carboxylic acids is 1. The molecule has 0 radical (unpaired) electrons. The van der Waals surface area contributed by atoms with Crippen LogP contribution in [0, 0.1) is 11.8 Å². The summed E-state index contributed by atoms with van der Waals surface area (Å²) in [6.45, 7) is 2.31. The van der Waals surface area contributed by atoms with E-state index < -0.39 is 11.9 Å². The molecule has 122 valence electrons. The highest BCUT2D eigenvalue weighted by molar-refractivity contribution is 5.77. The van der Waals surface area contributed by atoms with E-state index in [-0.39, 0.29) is 19.1 Å². The lowest BCUT2D eigenvalue weighted by Crippen LogP contribution is -2.38. The minimum atomic E-state index is -0.885. The van der Waals surface area contributed by atoms with Gasteiger partial charge in [0.15, 0.2) is 0 Å². The number of carbonyl (C=O) groups excluding carboxylic acids is 1. The Morgan fingerprint density at radius 2 is 1.90 bits per heavy atom. The average molecular weight is 299 g/mol. The quantitative estimate of drug-likeness (QED) is 0.684. The van der Waals surface area contributed by atoms with E-state index in [0.29, 0.717) is 25.3 Å². The maximum atomic E-state index is 12.3. The first kappa shape index (κ1) is 18.0. The Kier molecular flexibility index (Phi) is 8.35. The van der Waals surface area contributed by atoms with Gasteiger partial charge in [-0.3, -0.25) is 9.59 Å². The molecule has 0 aromatic rings. The van der Waals surface area contributed by atoms with Crippen LogP contribution in [0.25, 0.3) is 0 Å². The number of rotatable bonds is 9. The maximum absolute atomic E-state index is 12.3. The molecule has 1 aliphatic carbocycles. The summed E-state index contributed by atoms with van der Waals surface area (Å²) in [4.78, 5) is 24.9. The molecule has 5 heteroatoms. The number of nitrogens with zero attached hydrogens (tertiary/aromatic N) is 1. The largest absolute Gasteiger partial charge is 0.481 e. The lowest BCUT2D eigenvalue weighted by molar-refractivity contribution is -0.143. The van der Waals surface area contributed by atoms with Gasteiger partial charge in [0, 0.05) is 26.1 Å². The number of hydrogen-bond acceptors (Lipinski definition) is 3. The second-order valence-corrected chi connectivity index (χ2v) is 6.20. The van der Waals surface area contributed by atoms with Crippen molar-refractivity contribution in [2.24, 2.45) is 11.8 Å². The zero-order valence-corrected chi connectivity index (χ0v) is 13.1. The van der Waals surface area contributed by atoms with Crippen LogP contribution in [0.5, 0.6) is 0 Å². The van der Waals surface area contributed by atoms with Gasteiger partial charge in [-0.15, -0.1) is 0 Å². The number of carbonyl (C=O) groups is 2. The molecule has 1 atom stereocenters. The molecular weight excluding hydrogens is 270 g/mol. The SMILES string of the molecule is CC(CN(CCCO)C(=O)CCC1CCCCC1)C(=O)O. The van der Waals surface area contributed by atoms with Crippen molar-refractivity contribution < 1.29 is 19.8 Å². The van der Waals surface area contributed by atoms with Gasteiger partial charge in [-0.2, -0.15) is 0 Å². The second kappa shape index (κ2) is 9.77. The van der Waals surface area contributed by atoms with Gasteiger partial charge in [0.05, 0.1) is 5.92 Å². The van der Waals surface area contributed by atoms with Crippen LogP contribution in [0.2, 0.25) is 0 Å². The molecule has 1 amide bonds. The molecule has 0 bridgehead atoms. The van der Waals surface area contributed by atoms with Crippen molar-refractivity contribution in [2.75, 3.05) is 19.7 Å². The van der Waals surface area contributed by atoms with Crippen LogP contribution >= 0.6 is 0 Å². The molecule has 1 rings (SSSR count). The Morgan fingerprint density at radius 1 is 1.24 bits per heavy atom. The summed E-state index contributed by atoms with van der Waals surface area (Å²) < 4.78 is 0. The number of carboxylic acids is 1. The first-order valence-electron chi connectivity index (χ1n) is 8.16. The molecule has 0 saturated heterocycles. The molecular formula is C16H29NO4. The summed E-state index contributed by atoms with van der Waals surface area (Å²) in [5.74, 6) is -0.771. The van der Waals surface area contributed by atoms with Crippen molar-refractivity contribution in [3.05, 3.63) is 0 Å². The zero-order chi connectivity index (χ0) is 15.7. The van der Waals surface area contributed by atoms with Gasteiger partial charge in [0.2, 0.25) is 5.91 Å². The number of hydrogen-bond donors (Lipinski definition) is 2. The fourth-order valence-electron chi connectivity index (χ4n) is 2.95. The predicted molar refractivity (Wildman–Crippen MR) is 80.9 cm³/mol. The van der Waals surface area contributed by atoms with Crippen molar-refractivity contribution in [1.82, 2.24) is 4.90 Å². The number of carboxylic acid groups (broad SMARTS) is 1. The molecule has 1 aliphatic rings. The molecule has 0 aromatic carbocycles. The molecule has 0 aliphatic heterocycles. The molecule has 0 spiro atoms. The highest BCUT2D eigenvalue weighted by Crippen LogP contribution is 2.27. The minimum Gasteiger partial charge on any atom is -0.481 e. The monoisotopic (exact) mass is 299 g/mol. The summed E-state index contributed by atoms with van der Waals surface area (Å²) in [7, 11) is 0. The van der Waals surface area contributed by atoms with E-state index in [2.05, 4.69) is 0 Å². The molecule has 1 unspecified atom stereocenters. The molecule has 1 saturated carbocycles. The van der Waals surface area contributed by atoms with Crippen molar-refractivity contribution >= 4 is 11.9 Å². The van der Waals surface area contributed by atoms with E-state index >= 15 is 0 Å². The Labute approximate surface area is 127 Å². The molecule has 0 heterocycles. The van der Waals surface area contributed by atoms with E-state index in [9.17, 15) is 9.59 Å². The normalized spacial score (nSPS) is 17.4. The van der Waals surface area contributed by atoms with Crippen LogP contribution in [0.1, 0.15) is 58.3 Å². The van der Waals surface area contributed by atoms with Crippen molar-refractivity contribution in [3.63, 3.8) is 0 Å². The van der Waals surface area contributed by atoms with Gasteiger partial charge < -0.3 is 15.1 Å². The van der Waals surface area contributed by atoms with E-state index in [4.69, 9.17) is 10.2 Å². The fourth-order valence-corrected chi connectivity index (χ4v) is 2.95. The smallest absolute Gasteiger partial charge is 0.308 e. The minimum absolute atomic E-state index is 0.0217. The van der Waals surface area contributed by atoms with E-state index in [0.717, 1.165) is 6.42 Å². The van der Waals surface area contributed by atoms with E-state index in [1.54, 1.807) is 11.8 Å². The van der Waals surface area contributed by atoms with Crippen molar-refractivity contribution in [1.29, 1.82) is 0 Å². The number of amides is 1. The number of aliphatic hydroxyl groups is 1. The predicted octanol–water partition coefficient (Wildman–Crippen LogP) is 2.28. The first-order chi connectivity index (χ1) is 10.0. The van der Waals surface area contributed by atoms with Crippen LogP contribution in [0.4, 0.5) is 0 Å². The highest BCUT2D eigenvalue weighted by atomic mass is 16.4. The van der Waals surface area contributed by atoms with Crippen molar-refractivity contribution in [3.8, 4) is 0 Å². The third kappa shape index (κ3) is 6.93. The summed E-state index contributed by atoms with van der Waals surface area (Å²) >= 11 is 0. The third-order valence-corrected chi connectivity index (χ3v) is 4.35. The Bertz CT molecular complexity index is 326. The second-order valence-electron chi connectivity index (χ2n) is 6.20. The Morgan fingerprint density at radius 3 is 2.48 bits per heavy atom. The van der Waals surface area contributed by atoms with Gasteiger partial charge in [-0.1, -0.05) is 39.0 Å². The fraction of sp³-hybridized carbons (Fsp3) is 0.875. The summed E-state index contributed by atoms with van der Waals surface area (Å²) in [6, 6.07) is 0. The standard InChI is InChI=1S/C16H29NO4/c1-13(16(20)21)12-17(10-5-11-18)15(19)9-8-14-6-3-2-4-7-14/h13-14,18H,2-12H2,1H3,(H,20,21). The first-order valence-corrected chi connectivity index (χ1v) is 8.16.